The summed E-state index contributed by atoms with van der Waals surface area (Å²) in [6.45, 7) is 2.00. The Bertz CT molecular complexity index is 715. The maximum atomic E-state index is 12.2. The molecule has 0 spiro atoms. The first-order valence-electron chi connectivity index (χ1n) is 6.34. The molecule has 2 aromatic rings. The van der Waals surface area contributed by atoms with E-state index >= 15 is 0 Å². The highest BCUT2D eigenvalue weighted by atomic mass is 35.5. The zero-order valence-corrected chi connectivity index (χ0v) is 13.7. The van der Waals surface area contributed by atoms with Crippen molar-refractivity contribution >= 4 is 33.2 Å². The monoisotopic (exact) mass is 343 g/mol. The molecule has 1 unspecified atom stereocenters. The van der Waals surface area contributed by atoms with Gasteiger partial charge in [-0.05, 0) is 36.8 Å². The van der Waals surface area contributed by atoms with Gasteiger partial charge in [0.15, 0.2) is 0 Å². The number of sulfonamides is 1. The van der Waals surface area contributed by atoms with E-state index in [0.29, 0.717) is 5.02 Å². The van der Waals surface area contributed by atoms with Gasteiger partial charge in [0.2, 0.25) is 10.0 Å². The van der Waals surface area contributed by atoms with Crippen LogP contribution >= 0.6 is 23.2 Å². The molecule has 0 aliphatic heterocycles. The lowest BCUT2D eigenvalue weighted by Crippen LogP contribution is -2.27. The van der Waals surface area contributed by atoms with Gasteiger partial charge in [0, 0.05) is 11.6 Å². The van der Waals surface area contributed by atoms with E-state index in [2.05, 4.69) is 4.72 Å². The molecule has 3 nitrogen and oxygen atoms in total. The molecule has 0 bridgehead atoms. The summed E-state index contributed by atoms with van der Waals surface area (Å²) in [6.07, 6.45) is 0. The minimum Gasteiger partial charge on any atom is -0.209 e. The van der Waals surface area contributed by atoms with Crippen molar-refractivity contribution in [3.63, 3.8) is 0 Å². The van der Waals surface area contributed by atoms with Gasteiger partial charge in [-0.15, -0.1) is 11.6 Å². The summed E-state index contributed by atoms with van der Waals surface area (Å²) >= 11 is 12.1. The van der Waals surface area contributed by atoms with E-state index in [0.717, 1.165) is 11.1 Å². The van der Waals surface area contributed by atoms with E-state index in [9.17, 15) is 8.42 Å². The second-order valence-corrected chi connectivity index (χ2v) is 7.42. The number of aryl methyl sites for hydroxylation is 1. The number of nitrogens with one attached hydrogen (secondary N) is 1. The van der Waals surface area contributed by atoms with Crippen LogP contribution < -0.4 is 4.72 Å². The van der Waals surface area contributed by atoms with E-state index in [-0.39, 0.29) is 11.4 Å². The summed E-state index contributed by atoms with van der Waals surface area (Å²) in [7, 11) is -3.56. The van der Waals surface area contributed by atoms with Crippen molar-refractivity contribution in [2.75, 3.05) is 6.54 Å². The molecule has 0 aromatic heterocycles. The Balaban J connectivity index is 2.06. The second kappa shape index (κ2) is 6.79. The van der Waals surface area contributed by atoms with Crippen molar-refractivity contribution in [3.8, 4) is 0 Å². The summed E-state index contributed by atoms with van der Waals surface area (Å²) in [6, 6.07) is 13.7. The Morgan fingerprint density at radius 2 is 1.81 bits per heavy atom. The summed E-state index contributed by atoms with van der Waals surface area (Å²) in [5.74, 6) is 0. The lowest BCUT2D eigenvalue weighted by Gasteiger charge is -2.12. The van der Waals surface area contributed by atoms with E-state index in [1.807, 2.05) is 13.0 Å². The van der Waals surface area contributed by atoms with Crippen LogP contribution in [-0.2, 0) is 10.0 Å². The average Bonchev–Trinajstić information content (AvgIpc) is 2.45. The molecule has 0 fully saturated rings. The lowest BCUT2D eigenvalue weighted by molar-refractivity contribution is 0.581. The van der Waals surface area contributed by atoms with E-state index in [4.69, 9.17) is 23.2 Å². The molecule has 0 heterocycles. The van der Waals surface area contributed by atoms with Crippen LogP contribution in [0.5, 0.6) is 0 Å². The molecule has 2 rings (SSSR count). The zero-order valence-electron chi connectivity index (χ0n) is 11.4. The molecule has 6 heteroatoms. The van der Waals surface area contributed by atoms with E-state index in [1.54, 1.807) is 42.5 Å². The standard InChI is InChI=1S/C15H15Cl2NO2S/c1-11-5-7-14(8-6-11)21(19,20)18-10-15(17)12-3-2-4-13(16)9-12/h2-9,15,18H,10H2,1H3. The molecule has 0 saturated carbocycles. The van der Waals surface area contributed by atoms with Gasteiger partial charge < -0.3 is 0 Å². The van der Waals surface area contributed by atoms with Gasteiger partial charge in [-0.2, -0.15) is 0 Å². The highest BCUT2D eigenvalue weighted by molar-refractivity contribution is 7.89. The smallest absolute Gasteiger partial charge is 0.209 e. The largest absolute Gasteiger partial charge is 0.240 e. The van der Waals surface area contributed by atoms with Crippen LogP contribution in [0.25, 0.3) is 0 Å². The fourth-order valence-electron chi connectivity index (χ4n) is 1.80. The van der Waals surface area contributed by atoms with E-state index in [1.165, 1.54) is 0 Å². The van der Waals surface area contributed by atoms with Crippen molar-refractivity contribution in [1.82, 2.24) is 4.72 Å². The van der Waals surface area contributed by atoms with Crippen LogP contribution in [0.15, 0.2) is 53.4 Å². The maximum absolute atomic E-state index is 12.2. The lowest BCUT2D eigenvalue weighted by atomic mass is 10.1. The van der Waals surface area contributed by atoms with Gasteiger partial charge >= 0.3 is 0 Å². The fourth-order valence-corrected chi connectivity index (χ4v) is 3.35. The molecular weight excluding hydrogens is 329 g/mol. The van der Waals surface area contributed by atoms with Gasteiger partial charge in [0.05, 0.1) is 10.3 Å². The van der Waals surface area contributed by atoms with Crippen LogP contribution in [0.3, 0.4) is 0 Å². The minimum absolute atomic E-state index is 0.0953. The summed E-state index contributed by atoms with van der Waals surface area (Å²) in [5, 5.41) is 0.0865. The van der Waals surface area contributed by atoms with Gasteiger partial charge in [0.25, 0.3) is 0 Å². The number of alkyl halides is 1. The Labute approximate surface area is 135 Å². The van der Waals surface area contributed by atoms with Crippen molar-refractivity contribution in [3.05, 3.63) is 64.7 Å². The average molecular weight is 344 g/mol. The SMILES string of the molecule is Cc1ccc(S(=O)(=O)NCC(Cl)c2cccc(Cl)c2)cc1. The molecule has 2 aromatic carbocycles. The van der Waals surface area contributed by atoms with Crippen LogP contribution in [0.2, 0.25) is 5.02 Å². The molecule has 0 aliphatic rings. The predicted octanol–water partition coefficient (Wildman–Crippen LogP) is 3.91. The fraction of sp³-hybridized carbons (Fsp3) is 0.200. The maximum Gasteiger partial charge on any atom is 0.240 e. The Morgan fingerprint density at radius 1 is 1.14 bits per heavy atom. The Hall–Kier alpha value is -1.07. The second-order valence-electron chi connectivity index (χ2n) is 4.69. The number of hydrogen-bond acceptors (Lipinski definition) is 2. The Kier molecular flexibility index (Phi) is 5.27. The third kappa shape index (κ3) is 4.45. The number of rotatable bonds is 5. The van der Waals surface area contributed by atoms with Crippen LogP contribution in [0, 0.1) is 6.92 Å². The third-order valence-corrected chi connectivity index (χ3v) is 5.08. The quantitative estimate of drug-likeness (QED) is 0.836. The van der Waals surface area contributed by atoms with Crippen molar-refractivity contribution in [1.29, 1.82) is 0 Å². The van der Waals surface area contributed by atoms with Gasteiger partial charge in [0.1, 0.15) is 0 Å². The number of halogens is 2. The minimum atomic E-state index is -3.56. The highest BCUT2D eigenvalue weighted by Crippen LogP contribution is 2.23. The molecule has 0 amide bonds. The molecule has 1 N–H and O–H groups in total. The van der Waals surface area contributed by atoms with E-state index < -0.39 is 15.4 Å². The first-order chi connectivity index (χ1) is 9.88. The molecular formula is C15H15Cl2NO2S. The molecule has 0 aliphatic carbocycles. The van der Waals surface area contributed by atoms with Gasteiger partial charge in [-0.3, -0.25) is 0 Å². The Morgan fingerprint density at radius 3 is 2.43 bits per heavy atom. The van der Waals surface area contributed by atoms with Crippen molar-refractivity contribution in [2.45, 2.75) is 17.2 Å². The van der Waals surface area contributed by atoms with Crippen molar-refractivity contribution in [2.24, 2.45) is 0 Å². The van der Waals surface area contributed by atoms with Gasteiger partial charge in [-0.25, -0.2) is 13.1 Å². The molecule has 21 heavy (non-hydrogen) atoms. The molecule has 0 radical (unpaired) electrons. The summed E-state index contributed by atoms with van der Waals surface area (Å²) in [4.78, 5) is 0.225. The number of benzene rings is 2. The summed E-state index contributed by atoms with van der Waals surface area (Å²) < 4.78 is 26.8. The van der Waals surface area contributed by atoms with Crippen LogP contribution in [0.1, 0.15) is 16.5 Å². The topological polar surface area (TPSA) is 46.2 Å². The normalized spacial score (nSPS) is 13.1. The molecule has 1 atom stereocenters. The van der Waals surface area contributed by atoms with Crippen molar-refractivity contribution < 1.29 is 8.42 Å². The number of hydrogen-bond donors (Lipinski definition) is 1. The van der Waals surface area contributed by atoms with Crippen LogP contribution in [-0.4, -0.2) is 15.0 Å². The summed E-state index contributed by atoms with van der Waals surface area (Å²) in [5.41, 5.74) is 1.78. The molecule has 0 saturated heterocycles. The predicted molar refractivity (Wildman–Crippen MR) is 86.4 cm³/mol. The van der Waals surface area contributed by atoms with Crippen LogP contribution in [0.4, 0.5) is 0 Å². The van der Waals surface area contributed by atoms with Gasteiger partial charge in [-0.1, -0.05) is 41.4 Å². The molecule has 112 valence electrons. The first-order valence-corrected chi connectivity index (χ1v) is 8.64. The first kappa shape index (κ1) is 16.3. The third-order valence-electron chi connectivity index (χ3n) is 2.99. The zero-order chi connectivity index (χ0) is 15.5. The highest BCUT2D eigenvalue weighted by Gasteiger charge is 2.16.